The third-order valence-electron chi connectivity index (χ3n) is 2.49. The van der Waals surface area contributed by atoms with E-state index >= 15 is 0 Å². The van der Waals surface area contributed by atoms with Crippen LogP contribution in [-0.2, 0) is 11.3 Å². The van der Waals surface area contributed by atoms with Crippen molar-refractivity contribution < 1.29 is 9.53 Å². The Morgan fingerprint density at radius 3 is 2.58 bits per heavy atom. The Labute approximate surface area is 113 Å². The molecule has 0 saturated carbocycles. The number of amides is 1. The Balaban J connectivity index is 2.61. The highest BCUT2D eigenvalue weighted by molar-refractivity contribution is 5.77. The first kappa shape index (κ1) is 15.3. The number of hydrogen-bond acceptors (Lipinski definition) is 3. The third kappa shape index (κ3) is 5.16. The number of pyridine rings is 1. The summed E-state index contributed by atoms with van der Waals surface area (Å²) in [5, 5.41) is 2.75. The zero-order chi connectivity index (χ0) is 14.4. The average Bonchev–Trinajstić information content (AvgIpc) is 2.34. The van der Waals surface area contributed by atoms with Gasteiger partial charge in [0.1, 0.15) is 0 Å². The van der Waals surface area contributed by atoms with Gasteiger partial charge in [-0.15, -0.1) is 0 Å². The van der Waals surface area contributed by atoms with Crippen LogP contribution in [0.2, 0.25) is 0 Å². The predicted molar refractivity (Wildman–Crippen MR) is 74.1 cm³/mol. The van der Waals surface area contributed by atoms with Crippen LogP contribution >= 0.6 is 0 Å². The number of carbonyl (C=O) groups excluding carboxylic acids is 1. The molecule has 0 aromatic carbocycles. The molecule has 1 aromatic rings. The molecule has 106 valence electrons. The lowest BCUT2D eigenvalue weighted by atomic mass is 10.2. The van der Waals surface area contributed by atoms with E-state index in [0.29, 0.717) is 30.5 Å². The Hall–Kier alpha value is -1.78. The molecule has 0 fully saturated rings. The predicted octanol–water partition coefficient (Wildman–Crippen LogP) is 1.68. The van der Waals surface area contributed by atoms with Gasteiger partial charge in [0.15, 0.2) is 5.75 Å². The molecular formula is C14H22N2O3. The molecule has 1 amide bonds. The molecular weight excluding hydrogens is 244 g/mol. The normalized spacial score (nSPS) is 10.8. The summed E-state index contributed by atoms with van der Waals surface area (Å²) in [6.45, 7) is 8.50. The summed E-state index contributed by atoms with van der Waals surface area (Å²) in [5.74, 6) is 0.568. The maximum atomic E-state index is 11.8. The van der Waals surface area contributed by atoms with Crippen LogP contribution in [0.3, 0.4) is 0 Å². The maximum Gasteiger partial charge on any atom is 0.223 e. The minimum absolute atomic E-state index is 0.0408. The van der Waals surface area contributed by atoms with Crippen LogP contribution in [0.5, 0.6) is 5.75 Å². The second kappa shape index (κ2) is 6.97. The molecule has 2 N–H and O–H groups in total. The first-order valence-corrected chi connectivity index (χ1v) is 6.52. The summed E-state index contributed by atoms with van der Waals surface area (Å²) in [4.78, 5) is 26.1. The molecule has 5 nitrogen and oxygen atoms in total. The van der Waals surface area contributed by atoms with Crippen LogP contribution < -0.4 is 15.5 Å². The van der Waals surface area contributed by atoms with Gasteiger partial charge in [-0.1, -0.05) is 27.7 Å². The Morgan fingerprint density at radius 1 is 1.37 bits per heavy atom. The van der Waals surface area contributed by atoms with E-state index < -0.39 is 0 Å². The van der Waals surface area contributed by atoms with Crippen molar-refractivity contribution in [2.75, 3.05) is 6.61 Å². The highest BCUT2D eigenvalue weighted by Gasteiger charge is 2.07. The summed E-state index contributed by atoms with van der Waals surface area (Å²) >= 11 is 0. The lowest BCUT2D eigenvalue weighted by Crippen LogP contribution is -2.28. The van der Waals surface area contributed by atoms with E-state index in [9.17, 15) is 9.59 Å². The lowest BCUT2D eigenvalue weighted by molar-refractivity contribution is -0.124. The highest BCUT2D eigenvalue weighted by Crippen LogP contribution is 2.04. The first-order valence-electron chi connectivity index (χ1n) is 6.52. The molecule has 1 aromatic heterocycles. The van der Waals surface area contributed by atoms with E-state index in [0.717, 1.165) is 0 Å². The number of H-pyrrole nitrogens is 1. The van der Waals surface area contributed by atoms with Gasteiger partial charge in [-0.25, -0.2) is 0 Å². The van der Waals surface area contributed by atoms with Crippen molar-refractivity contribution >= 4 is 5.91 Å². The third-order valence-corrected chi connectivity index (χ3v) is 2.49. The minimum Gasteiger partial charge on any atom is -0.488 e. The van der Waals surface area contributed by atoms with Gasteiger partial charge in [0.05, 0.1) is 13.2 Å². The van der Waals surface area contributed by atoms with Gasteiger partial charge >= 0.3 is 0 Å². The SMILES string of the molecule is CC(C)COc1c[nH]c(CNC(=O)C(C)C)cc1=O. The molecule has 0 aliphatic rings. The molecule has 0 aliphatic heterocycles. The van der Waals surface area contributed by atoms with Crippen LogP contribution in [0.25, 0.3) is 0 Å². The molecule has 1 rings (SSSR count). The van der Waals surface area contributed by atoms with E-state index in [1.807, 2.05) is 27.7 Å². The minimum atomic E-state index is -0.173. The van der Waals surface area contributed by atoms with Gasteiger partial charge in [0.2, 0.25) is 11.3 Å². The van der Waals surface area contributed by atoms with Crippen molar-refractivity contribution in [3.63, 3.8) is 0 Å². The first-order chi connectivity index (χ1) is 8.90. The monoisotopic (exact) mass is 266 g/mol. The van der Waals surface area contributed by atoms with E-state index in [4.69, 9.17) is 4.74 Å². The van der Waals surface area contributed by atoms with Gasteiger partial charge in [0, 0.05) is 23.9 Å². The number of nitrogens with one attached hydrogen (secondary N) is 2. The van der Waals surface area contributed by atoms with Gasteiger partial charge in [-0.05, 0) is 5.92 Å². The smallest absolute Gasteiger partial charge is 0.223 e. The molecule has 0 unspecified atom stereocenters. The molecule has 0 radical (unpaired) electrons. The maximum absolute atomic E-state index is 11.8. The summed E-state index contributed by atoms with van der Waals surface area (Å²) < 4.78 is 5.39. The van der Waals surface area contributed by atoms with Gasteiger partial charge in [-0.2, -0.15) is 0 Å². The number of ether oxygens (including phenoxy) is 1. The second-order valence-electron chi connectivity index (χ2n) is 5.26. The zero-order valence-corrected chi connectivity index (χ0v) is 11.9. The van der Waals surface area contributed by atoms with Gasteiger partial charge in [-0.3, -0.25) is 9.59 Å². The molecule has 1 heterocycles. The number of carbonyl (C=O) groups is 1. The molecule has 19 heavy (non-hydrogen) atoms. The molecule has 5 heteroatoms. The number of rotatable bonds is 6. The number of hydrogen-bond donors (Lipinski definition) is 2. The molecule has 0 spiro atoms. The van der Waals surface area contributed by atoms with E-state index in [-0.39, 0.29) is 17.3 Å². The second-order valence-corrected chi connectivity index (χ2v) is 5.26. The standard InChI is InChI=1S/C14H22N2O3/c1-9(2)8-19-13-7-15-11(5-12(13)17)6-16-14(18)10(3)4/h5,7,9-10H,6,8H2,1-4H3,(H,15,17)(H,16,18). The van der Waals surface area contributed by atoms with Crippen LogP contribution in [0, 0.1) is 11.8 Å². The Bertz CT molecular complexity index is 478. The summed E-state index contributed by atoms with van der Waals surface area (Å²) in [6.07, 6.45) is 1.54. The van der Waals surface area contributed by atoms with Crippen LogP contribution in [0.1, 0.15) is 33.4 Å². The van der Waals surface area contributed by atoms with Crippen molar-refractivity contribution in [2.45, 2.75) is 34.2 Å². The van der Waals surface area contributed by atoms with Crippen molar-refractivity contribution in [3.05, 3.63) is 28.2 Å². The highest BCUT2D eigenvalue weighted by atomic mass is 16.5. The molecule has 0 bridgehead atoms. The average molecular weight is 266 g/mol. The molecule has 0 aliphatic carbocycles. The van der Waals surface area contributed by atoms with Crippen molar-refractivity contribution in [1.82, 2.24) is 10.3 Å². The van der Waals surface area contributed by atoms with Crippen LogP contribution in [-0.4, -0.2) is 17.5 Å². The summed E-state index contributed by atoms with van der Waals surface area (Å²) in [5.41, 5.74) is 0.490. The van der Waals surface area contributed by atoms with E-state index in [2.05, 4.69) is 10.3 Å². The lowest BCUT2D eigenvalue weighted by Gasteiger charge is -2.10. The fourth-order valence-corrected chi connectivity index (χ4v) is 1.36. The van der Waals surface area contributed by atoms with E-state index in [1.165, 1.54) is 6.07 Å². The molecule has 0 saturated heterocycles. The number of aromatic amines is 1. The summed E-state index contributed by atoms with van der Waals surface area (Å²) in [6, 6.07) is 1.45. The van der Waals surface area contributed by atoms with Crippen molar-refractivity contribution in [1.29, 1.82) is 0 Å². The largest absolute Gasteiger partial charge is 0.488 e. The van der Waals surface area contributed by atoms with Crippen molar-refractivity contribution in [3.8, 4) is 5.75 Å². The Kier molecular flexibility index (Phi) is 5.60. The van der Waals surface area contributed by atoms with E-state index in [1.54, 1.807) is 6.20 Å². The van der Waals surface area contributed by atoms with Crippen LogP contribution in [0.4, 0.5) is 0 Å². The molecule has 0 atom stereocenters. The fraction of sp³-hybridized carbons (Fsp3) is 0.571. The zero-order valence-electron chi connectivity index (χ0n) is 11.9. The van der Waals surface area contributed by atoms with Gasteiger partial charge < -0.3 is 15.0 Å². The topological polar surface area (TPSA) is 71.2 Å². The fourth-order valence-electron chi connectivity index (χ4n) is 1.36. The van der Waals surface area contributed by atoms with Crippen molar-refractivity contribution in [2.24, 2.45) is 11.8 Å². The quantitative estimate of drug-likeness (QED) is 0.823. The summed E-state index contributed by atoms with van der Waals surface area (Å²) in [7, 11) is 0. The van der Waals surface area contributed by atoms with Crippen LogP contribution in [0.15, 0.2) is 17.1 Å². The van der Waals surface area contributed by atoms with Gasteiger partial charge in [0.25, 0.3) is 0 Å². The number of aromatic nitrogens is 1. The Morgan fingerprint density at radius 2 is 2.05 bits per heavy atom.